The van der Waals surface area contributed by atoms with Crippen LogP contribution in [0.25, 0.3) is 0 Å². The minimum absolute atomic E-state index is 0.0398. The van der Waals surface area contributed by atoms with Crippen molar-refractivity contribution in [1.82, 2.24) is 14.7 Å². The fraction of sp³-hybridized carbons (Fsp3) is 0.476. The molecule has 0 radical (unpaired) electrons. The first-order valence-electron chi connectivity index (χ1n) is 9.68. The molecule has 0 bridgehead atoms. The first-order valence-corrected chi connectivity index (χ1v) is 9.68. The van der Waals surface area contributed by atoms with E-state index in [-0.39, 0.29) is 24.5 Å². The molecule has 28 heavy (non-hydrogen) atoms. The number of amides is 1. The molecule has 0 saturated carbocycles. The number of hydrogen-bond donors (Lipinski definition) is 1. The Bertz CT molecular complexity index is 873. The second-order valence-corrected chi connectivity index (χ2v) is 7.11. The summed E-state index contributed by atoms with van der Waals surface area (Å²) in [6.45, 7) is 7.69. The molecular formula is C21H27N3O4. The van der Waals surface area contributed by atoms with E-state index < -0.39 is 6.10 Å². The number of carbonyl (C=O) groups is 2. The van der Waals surface area contributed by atoms with Crippen LogP contribution >= 0.6 is 0 Å². The Morgan fingerprint density at radius 1 is 1.25 bits per heavy atom. The number of aryl methyl sites for hydroxylation is 1. The topological polar surface area (TPSA) is 84.7 Å². The van der Waals surface area contributed by atoms with Crippen molar-refractivity contribution in [1.29, 1.82) is 0 Å². The second kappa shape index (κ2) is 8.56. The van der Waals surface area contributed by atoms with Gasteiger partial charge in [-0.05, 0) is 50.6 Å². The monoisotopic (exact) mass is 385 g/mol. The molecule has 2 aromatic rings. The summed E-state index contributed by atoms with van der Waals surface area (Å²) in [5, 5.41) is 14.0. The number of Topliss-reactive ketones (excluding diaryl/α,β-unsaturated/α-hetero) is 1. The lowest BCUT2D eigenvalue weighted by Gasteiger charge is -2.27. The Kier molecular flexibility index (Phi) is 6.14. The average molecular weight is 385 g/mol. The maximum absolute atomic E-state index is 12.6. The molecule has 1 unspecified atom stereocenters. The van der Waals surface area contributed by atoms with E-state index in [4.69, 9.17) is 4.74 Å². The van der Waals surface area contributed by atoms with Gasteiger partial charge >= 0.3 is 0 Å². The highest BCUT2D eigenvalue weighted by Gasteiger charge is 2.23. The quantitative estimate of drug-likeness (QED) is 0.741. The number of benzene rings is 1. The van der Waals surface area contributed by atoms with Gasteiger partial charge in [0.15, 0.2) is 5.78 Å². The number of ether oxygens (including phenoxy) is 1. The van der Waals surface area contributed by atoms with Gasteiger partial charge in [-0.2, -0.15) is 5.10 Å². The zero-order valence-corrected chi connectivity index (χ0v) is 16.6. The molecule has 2 heterocycles. The van der Waals surface area contributed by atoms with Gasteiger partial charge in [-0.15, -0.1) is 0 Å². The number of rotatable bonds is 7. The van der Waals surface area contributed by atoms with E-state index in [1.165, 1.54) is 0 Å². The highest BCUT2D eigenvalue weighted by molar-refractivity contribution is 5.98. The van der Waals surface area contributed by atoms with Crippen molar-refractivity contribution in [3.8, 4) is 5.75 Å². The van der Waals surface area contributed by atoms with Crippen LogP contribution in [0.1, 0.15) is 60.1 Å². The van der Waals surface area contributed by atoms with Crippen molar-refractivity contribution in [2.45, 2.75) is 52.8 Å². The van der Waals surface area contributed by atoms with E-state index in [2.05, 4.69) is 5.10 Å². The van der Waals surface area contributed by atoms with Gasteiger partial charge in [0.25, 0.3) is 0 Å². The van der Waals surface area contributed by atoms with Crippen molar-refractivity contribution < 1.29 is 19.4 Å². The molecule has 7 nitrogen and oxygen atoms in total. The van der Waals surface area contributed by atoms with Crippen LogP contribution in [-0.4, -0.2) is 44.6 Å². The van der Waals surface area contributed by atoms with Crippen molar-refractivity contribution >= 4 is 11.7 Å². The van der Waals surface area contributed by atoms with Gasteiger partial charge in [-0.25, -0.2) is 0 Å². The molecule has 0 spiro atoms. The summed E-state index contributed by atoms with van der Waals surface area (Å²) >= 11 is 0. The summed E-state index contributed by atoms with van der Waals surface area (Å²) in [7, 11) is 0. The van der Waals surface area contributed by atoms with Crippen LogP contribution in [-0.2, 0) is 17.9 Å². The second-order valence-electron chi connectivity index (χ2n) is 7.11. The van der Waals surface area contributed by atoms with Crippen LogP contribution in [0.15, 0.2) is 24.3 Å². The lowest BCUT2D eigenvalue weighted by atomic mass is 10.0. The zero-order chi connectivity index (χ0) is 20.3. The third-order valence-corrected chi connectivity index (χ3v) is 4.96. The van der Waals surface area contributed by atoms with E-state index in [0.29, 0.717) is 37.5 Å². The minimum atomic E-state index is -0.627. The summed E-state index contributed by atoms with van der Waals surface area (Å²) < 4.78 is 7.33. The molecule has 0 saturated heterocycles. The SMILES string of the molecule is CCOc1ccc(C(=O)CCC(=O)N2CCn3nc(C(C)O)cc3C2)cc1C. The molecule has 0 aliphatic carbocycles. The first kappa shape index (κ1) is 20.1. The Morgan fingerprint density at radius 2 is 2.04 bits per heavy atom. The van der Waals surface area contributed by atoms with Crippen molar-refractivity contribution in [2.24, 2.45) is 0 Å². The summed E-state index contributed by atoms with van der Waals surface area (Å²) in [6, 6.07) is 7.20. The molecule has 0 fully saturated rings. The Hall–Kier alpha value is -2.67. The van der Waals surface area contributed by atoms with Gasteiger partial charge in [-0.1, -0.05) is 0 Å². The van der Waals surface area contributed by atoms with E-state index in [0.717, 1.165) is 17.0 Å². The summed E-state index contributed by atoms with van der Waals surface area (Å²) in [6.07, 6.45) is -0.263. The van der Waals surface area contributed by atoms with Crippen molar-refractivity contribution in [3.63, 3.8) is 0 Å². The molecule has 3 rings (SSSR count). The summed E-state index contributed by atoms with van der Waals surface area (Å²) in [4.78, 5) is 26.8. The van der Waals surface area contributed by atoms with E-state index in [9.17, 15) is 14.7 Å². The van der Waals surface area contributed by atoms with Gasteiger partial charge in [0.1, 0.15) is 5.75 Å². The van der Waals surface area contributed by atoms with E-state index >= 15 is 0 Å². The maximum Gasteiger partial charge on any atom is 0.223 e. The third kappa shape index (κ3) is 4.42. The Morgan fingerprint density at radius 3 is 2.71 bits per heavy atom. The number of fused-ring (bicyclic) bond motifs is 1. The highest BCUT2D eigenvalue weighted by atomic mass is 16.5. The summed E-state index contributed by atoms with van der Waals surface area (Å²) in [5.41, 5.74) is 3.04. The lowest BCUT2D eigenvalue weighted by molar-refractivity contribution is -0.132. The molecule has 1 aliphatic heterocycles. The zero-order valence-electron chi connectivity index (χ0n) is 16.6. The molecule has 1 N–H and O–H groups in total. The Labute approximate surface area is 164 Å². The van der Waals surface area contributed by atoms with Crippen molar-refractivity contribution in [3.05, 3.63) is 46.8 Å². The van der Waals surface area contributed by atoms with Gasteiger partial charge in [0.05, 0.1) is 37.2 Å². The van der Waals surface area contributed by atoms with Crippen LogP contribution in [0.3, 0.4) is 0 Å². The number of carbonyl (C=O) groups excluding carboxylic acids is 2. The summed E-state index contributed by atoms with van der Waals surface area (Å²) in [5.74, 6) is 0.691. The average Bonchev–Trinajstić information content (AvgIpc) is 3.11. The fourth-order valence-electron chi connectivity index (χ4n) is 3.37. The maximum atomic E-state index is 12.6. The van der Waals surface area contributed by atoms with Crippen LogP contribution in [0.4, 0.5) is 0 Å². The number of aliphatic hydroxyl groups is 1. The van der Waals surface area contributed by atoms with Crippen LogP contribution < -0.4 is 4.74 Å². The molecule has 1 aliphatic rings. The molecule has 1 aromatic heterocycles. The van der Waals surface area contributed by atoms with Crippen LogP contribution in [0.2, 0.25) is 0 Å². The first-order chi connectivity index (χ1) is 13.4. The lowest BCUT2D eigenvalue weighted by Crippen LogP contribution is -2.38. The molecule has 1 atom stereocenters. The number of hydrogen-bond acceptors (Lipinski definition) is 5. The number of aromatic nitrogens is 2. The molecule has 1 aromatic carbocycles. The van der Waals surface area contributed by atoms with Gasteiger partial charge in [0.2, 0.25) is 5.91 Å². The normalized spacial score (nSPS) is 14.5. The molecule has 150 valence electrons. The fourth-order valence-corrected chi connectivity index (χ4v) is 3.37. The van der Waals surface area contributed by atoms with E-state index in [1.807, 2.05) is 30.7 Å². The molecule has 7 heteroatoms. The third-order valence-electron chi connectivity index (χ3n) is 4.96. The highest BCUT2D eigenvalue weighted by Crippen LogP contribution is 2.21. The van der Waals surface area contributed by atoms with Crippen LogP contribution in [0.5, 0.6) is 5.75 Å². The van der Waals surface area contributed by atoms with Crippen molar-refractivity contribution in [2.75, 3.05) is 13.2 Å². The van der Waals surface area contributed by atoms with Crippen LogP contribution in [0, 0.1) is 6.92 Å². The minimum Gasteiger partial charge on any atom is -0.494 e. The predicted octanol–water partition coefficient (Wildman–Crippen LogP) is 2.65. The van der Waals surface area contributed by atoms with Gasteiger partial charge in [0, 0.05) is 24.9 Å². The number of aliphatic hydroxyl groups excluding tert-OH is 1. The number of nitrogens with zero attached hydrogens (tertiary/aromatic N) is 3. The predicted molar refractivity (Wildman–Crippen MR) is 104 cm³/mol. The Balaban J connectivity index is 1.56. The largest absolute Gasteiger partial charge is 0.494 e. The number of ketones is 1. The van der Waals surface area contributed by atoms with E-state index in [1.54, 1.807) is 24.0 Å². The standard InChI is InChI=1S/C21H27N3O4/c1-4-28-20-7-5-16(11-14(20)2)19(26)6-8-21(27)23-9-10-24-17(13-23)12-18(22-24)15(3)25/h5,7,11-12,15,25H,4,6,8-10,13H2,1-3H3. The molecular weight excluding hydrogens is 358 g/mol. The van der Waals surface area contributed by atoms with Gasteiger partial charge in [-0.3, -0.25) is 14.3 Å². The smallest absolute Gasteiger partial charge is 0.223 e. The van der Waals surface area contributed by atoms with Gasteiger partial charge < -0.3 is 14.7 Å². The molecule has 1 amide bonds.